The van der Waals surface area contributed by atoms with Crippen LogP contribution in [0.25, 0.3) is 5.69 Å². The second kappa shape index (κ2) is 5.64. The molecule has 0 radical (unpaired) electrons. The molecule has 1 heterocycles. The topological polar surface area (TPSA) is 53.1 Å². The summed E-state index contributed by atoms with van der Waals surface area (Å²) in [6.45, 7) is 0.630. The molecular formula is C13H16FN3O. The smallest absolute Gasteiger partial charge is 0.219 e. The molecule has 0 fully saturated rings. The molecule has 4 nitrogen and oxygen atoms in total. The number of nitrogens with zero attached hydrogens (tertiary/aromatic N) is 2. The highest BCUT2D eigenvalue weighted by Crippen LogP contribution is 2.23. The van der Waals surface area contributed by atoms with Gasteiger partial charge in [-0.1, -0.05) is 0 Å². The third-order valence-corrected chi connectivity index (χ3v) is 2.71. The largest absolute Gasteiger partial charge is 0.481 e. The number of benzene rings is 1. The molecule has 18 heavy (non-hydrogen) atoms. The summed E-state index contributed by atoms with van der Waals surface area (Å²) in [6, 6.07) is 6.13. The number of aryl methyl sites for hydroxylation is 1. The van der Waals surface area contributed by atoms with Gasteiger partial charge in [-0.25, -0.2) is 9.07 Å². The Bertz CT molecular complexity index is 507. The van der Waals surface area contributed by atoms with E-state index in [1.54, 1.807) is 30.1 Å². The average Bonchev–Trinajstić information content (AvgIpc) is 2.80. The third-order valence-electron chi connectivity index (χ3n) is 2.71. The highest BCUT2D eigenvalue weighted by molar-refractivity contribution is 5.38. The van der Waals surface area contributed by atoms with Gasteiger partial charge in [0.15, 0.2) is 0 Å². The SMILES string of the molecule is COc1c(CCCN)cnn1-c1ccc(F)cc1. The zero-order valence-corrected chi connectivity index (χ0v) is 10.3. The third kappa shape index (κ3) is 2.51. The molecule has 0 atom stereocenters. The first-order valence-corrected chi connectivity index (χ1v) is 5.83. The van der Waals surface area contributed by atoms with Gasteiger partial charge in [-0.3, -0.25) is 0 Å². The van der Waals surface area contributed by atoms with Gasteiger partial charge in [0.25, 0.3) is 0 Å². The number of rotatable bonds is 5. The molecule has 0 bridgehead atoms. The van der Waals surface area contributed by atoms with Crippen molar-refractivity contribution in [3.63, 3.8) is 0 Å². The molecule has 0 unspecified atom stereocenters. The molecule has 5 heteroatoms. The summed E-state index contributed by atoms with van der Waals surface area (Å²) in [4.78, 5) is 0. The van der Waals surface area contributed by atoms with Crippen molar-refractivity contribution in [3.8, 4) is 11.6 Å². The Morgan fingerprint density at radius 2 is 2.06 bits per heavy atom. The summed E-state index contributed by atoms with van der Waals surface area (Å²) in [5, 5.41) is 4.27. The fraction of sp³-hybridized carbons (Fsp3) is 0.308. The lowest BCUT2D eigenvalue weighted by atomic mass is 10.2. The lowest BCUT2D eigenvalue weighted by molar-refractivity contribution is 0.379. The summed E-state index contributed by atoms with van der Waals surface area (Å²) in [6.07, 6.45) is 3.46. The van der Waals surface area contributed by atoms with E-state index in [0.29, 0.717) is 12.4 Å². The van der Waals surface area contributed by atoms with Gasteiger partial charge in [0.05, 0.1) is 19.0 Å². The lowest BCUT2D eigenvalue weighted by Crippen LogP contribution is -2.03. The van der Waals surface area contributed by atoms with Crippen LogP contribution in [-0.2, 0) is 6.42 Å². The van der Waals surface area contributed by atoms with Gasteiger partial charge < -0.3 is 10.5 Å². The number of halogens is 1. The second-order valence-corrected chi connectivity index (χ2v) is 3.96. The number of aromatic nitrogens is 2. The normalized spacial score (nSPS) is 10.6. The molecule has 2 aromatic rings. The lowest BCUT2D eigenvalue weighted by Gasteiger charge is -2.07. The van der Waals surface area contributed by atoms with E-state index < -0.39 is 0 Å². The van der Waals surface area contributed by atoms with Crippen molar-refractivity contribution in [2.24, 2.45) is 5.73 Å². The maximum Gasteiger partial charge on any atom is 0.219 e. The molecule has 0 saturated carbocycles. The van der Waals surface area contributed by atoms with E-state index in [0.717, 1.165) is 24.1 Å². The summed E-state index contributed by atoms with van der Waals surface area (Å²) in [5.74, 6) is 0.406. The fourth-order valence-corrected chi connectivity index (χ4v) is 1.82. The first kappa shape index (κ1) is 12.6. The molecule has 0 aliphatic carbocycles. The van der Waals surface area contributed by atoms with Gasteiger partial charge >= 0.3 is 0 Å². The second-order valence-electron chi connectivity index (χ2n) is 3.96. The zero-order chi connectivity index (χ0) is 13.0. The fourth-order valence-electron chi connectivity index (χ4n) is 1.82. The Labute approximate surface area is 105 Å². The van der Waals surface area contributed by atoms with Crippen molar-refractivity contribution < 1.29 is 9.13 Å². The molecular weight excluding hydrogens is 233 g/mol. The molecule has 0 spiro atoms. The number of ether oxygens (including phenoxy) is 1. The van der Waals surface area contributed by atoms with Crippen LogP contribution in [0, 0.1) is 5.82 Å². The zero-order valence-electron chi connectivity index (χ0n) is 10.3. The molecule has 0 aliphatic rings. The number of nitrogens with two attached hydrogens (primary N) is 1. The van der Waals surface area contributed by atoms with Crippen LogP contribution in [0.15, 0.2) is 30.5 Å². The van der Waals surface area contributed by atoms with Crippen molar-refractivity contribution in [2.45, 2.75) is 12.8 Å². The van der Waals surface area contributed by atoms with Crippen molar-refractivity contribution in [1.29, 1.82) is 0 Å². The Hall–Kier alpha value is -1.88. The minimum atomic E-state index is -0.270. The van der Waals surface area contributed by atoms with Crippen LogP contribution in [0.4, 0.5) is 4.39 Å². The van der Waals surface area contributed by atoms with Gasteiger partial charge in [0.2, 0.25) is 5.88 Å². The molecule has 0 saturated heterocycles. The molecule has 0 amide bonds. The van der Waals surface area contributed by atoms with E-state index in [-0.39, 0.29) is 5.82 Å². The summed E-state index contributed by atoms with van der Waals surface area (Å²) in [7, 11) is 1.60. The van der Waals surface area contributed by atoms with Crippen LogP contribution in [0.2, 0.25) is 0 Å². The highest BCUT2D eigenvalue weighted by atomic mass is 19.1. The van der Waals surface area contributed by atoms with Crippen LogP contribution >= 0.6 is 0 Å². The van der Waals surface area contributed by atoms with Crippen LogP contribution in [0.1, 0.15) is 12.0 Å². The number of hydrogen-bond acceptors (Lipinski definition) is 3. The first-order chi connectivity index (χ1) is 8.76. The van der Waals surface area contributed by atoms with Crippen molar-refractivity contribution in [1.82, 2.24) is 9.78 Å². The van der Waals surface area contributed by atoms with Gasteiger partial charge in [0, 0.05) is 5.56 Å². The van der Waals surface area contributed by atoms with Crippen LogP contribution in [0.3, 0.4) is 0 Å². The van der Waals surface area contributed by atoms with Gasteiger partial charge in [0.1, 0.15) is 5.82 Å². The Morgan fingerprint density at radius 3 is 2.67 bits per heavy atom. The van der Waals surface area contributed by atoms with E-state index in [9.17, 15) is 4.39 Å². The molecule has 0 aliphatic heterocycles. The predicted molar refractivity (Wildman–Crippen MR) is 67.4 cm³/mol. The van der Waals surface area contributed by atoms with Crippen molar-refractivity contribution in [3.05, 3.63) is 41.8 Å². The summed E-state index contributed by atoms with van der Waals surface area (Å²) < 4.78 is 19.9. The number of methoxy groups -OCH3 is 1. The van der Waals surface area contributed by atoms with E-state index in [1.807, 2.05) is 0 Å². The minimum Gasteiger partial charge on any atom is -0.481 e. The molecule has 2 N–H and O–H groups in total. The van der Waals surface area contributed by atoms with Gasteiger partial charge in [-0.2, -0.15) is 5.10 Å². The van der Waals surface area contributed by atoms with E-state index in [1.165, 1.54) is 12.1 Å². The van der Waals surface area contributed by atoms with Crippen molar-refractivity contribution >= 4 is 0 Å². The Kier molecular flexibility index (Phi) is 3.94. The highest BCUT2D eigenvalue weighted by Gasteiger charge is 2.12. The average molecular weight is 249 g/mol. The molecule has 96 valence electrons. The maximum atomic E-state index is 12.9. The van der Waals surface area contributed by atoms with E-state index >= 15 is 0 Å². The maximum absolute atomic E-state index is 12.9. The Balaban J connectivity index is 2.33. The van der Waals surface area contributed by atoms with Gasteiger partial charge in [-0.05, 0) is 43.7 Å². The van der Waals surface area contributed by atoms with Crippen molar-refractivity contribution in [2.75, 3.05) is 13.7 Å². The standard InChI is InChI=1S/C13H16FN3O/c1-18-13-10(3-2-8-15)9-16-17(13)12-6-4-11(14)5-7-12/h4-7,9H,2-3,8,15H2,1H3. The molecule has 2 rings (SSSR count). The van der Waals surface area contributed by atoms with Gasteiger partial charge in [-0.15, -0.1) is 0 Å². The van der Waals surface area contributed by atoms with Crippen LogP contribution in [-0.4, -0.2) is 23.4 Å². The minimum absolute atomic E-state index is 0.270. The number of hydrogen-bond donors (Lipinski definition) is 1. The van der Waals surface area contributed by atoms with Crippen LogP contribution in [0.5, 0.6) is 5.88 Å². The summed E-state index contributed by atoms with van der Waals surface area (Å²) in [5.41, 5.74) is 7.27. The predicted octanol–water partition coefficient (Wildman–Crippen LogP) is 1.91. The molecule has 1 aromatic heterocycles. The molecule has 1 aromatic carbocycles. The quantitative estimate of drug-likeness (QED) is 0.880. The van der Waals surface area contributed by atoms with E-state index in [4.69, 9.17) is 10.5 Å². The van der Waals surface area contributed by atoms with Crippen LogP contribution < -0.4 is 10.5 Å². The monoisotopic (exact) mass is 249 g/mol. The first-order valence-electron chi connectivity index (χ1n) is 5.83. The summed E-state index contributed by atoms with van der Waals surface area (Å²) >= 11 is 0. The Morgan fingerprint density at radius 1 is 1.33 bits per heavy atom. The van der Waals surface area contributed by atoms with E-state index in [2.05, 4.69) is 5.10 Å².